The van der Waals surface area contributed by atoms with E-state index in [9.17, 15) is 0 Å². The Morgan fingerprint density at radius 2 is 1.94 bits per heavy atom. The Bertz CT molecular complexity index is 343. The third-order valence-electron chi connectivity index (χ3n) is 3.45. The van der Waals surface area contributed by atoms with Crippen LogP contribution in [0.4, 0.5) is 5.69 Å². The zero-order valence-electron chi connectivity index (χ0n) is 10.9. The first-order chi connectivity index (χ1) is 8.33. The van der Waals surface area contributed by atoms with Crippen molar-refractivity contribution >= 4 is 5.69 Å². The smallest absolute Gasteiger partial charge is 0.0510 e. The van der Waals surface area contributed by atoms with Crippen molar-refractivity contribution in [3.05, 3.63) is 29.8 Å². The minimum atomic E-state index is 0.604. The molecule has 0 atom stereocenters. The molecule has 1 aliphatic rings. The molecule has 2 N–H and O–H groups in total. The van der Waals surface area contributed by atoms with Crippen molar-refractivity contribution in [3.8, 4) is 0 Å². The first-order valence-corrected chi connectivity index (χ1v) is 6.61. The van der Waals surface area contributed by atoms with E-state index in [-0.39, 0.29) is 0 Å². The van der Waals surface area contributed by atoms with Crippen LogP contribution in [-0.4, -0.2) is 37.1 Å². The molecule has 0 aromatic heterocycles. The molecule has 3 nitrogen and oxygen atoms in total. The maximum Gasteiger partial charge on any atom is 0.0510 e. The standard InChI is InChI=1S/C14H23N3/c1-3-17(4-2)11-12-7-5-6-8-14(12)16-13-9-15-10-13/h5-8,13,15-16H,3-4,9-11H2,1-2H3. The lowest BCUT2D eigenvalue weighted by Crippen LogP contribution is -2.51. The SMILES string of the molecule is CCN(CC)Cc1ccccc1NC1CNC1. The van der Waals surface area contributed by atoms with Crippen LogP contribution >= 0.6 is 0 Å². The Hall–Kier alpha value is -1.06. The van der Waals surface area contributed by atoms with Gasteiger partial charge in [-0.25, -0.2) is 0 Å². The van der Waals surface area contributed by atoms with Gasteiger partial charge in [0.25, 0.3) is 0 Å². The average Bonchev–Trinajstić information content (AvgIpc) is 2.32. The molecule has 1 aromatic carbocycles. The fourth-order valence-corrected chi connectivity index (χ4v) is 2.10. The maximum atomic E-state index is 3.61. The molecule has 0 unspecified atom stereocenters. The minimum Gasteiger partial charge on any atom is -0.379 e. The zero-order valence-corrected chi connectivity index (χ0v) is 10.9. The van der Waals surface area contributed by atoms with Crippen LogP contribution in [0.1, 0.15) is 19.4 Å². The Labute approximate surface area is 104 Å². The lowest BCUT2D eigenvalue weighted by molar-refractivity contribution is 0.296. The molecule has 1 aromatic rings. The van der Waals surface area contributed by atoms with Crippen molar-refractivity contribution in [2.75, 3.05) is 31.5 Å². The van der Waals surface area contributed by atoms with Crippen molar-refractivity contribution in [2.24, 2.45) is 0 Å². The van der Waals surface area contributed by atoms with Crippen molar-refractivity contribution in [2.45, 2.75) is 26.4 Å². The van der Waals surface area contributed by atoms with E-state index in [1.807, 2.05) is 0 Å². The van der Waals surface area contributed by atoms with E-state index in [0.29, 0.717) is 6.04 Å². The summed E-state index contributed by atoms with van der Waals surface area (Å²) in [6.45, 7) is 9.85. The Morgan fingerprint density at radius 1 is 1.24 bits per heavy atom. The van der Waals surface area contributed by atoms with Gasteiger partial charge in [-0.3, -0.25) is 4.90 Å². The highest BCUT2D eigenvalue weighted by Gasteiger charge is 2.17. The van der Waals surface area contributed by atoms with Crippen LogP contribution < -0.4 is 10.6 Å². The average molecular weight is 233 g/mol. The highest BCUT2D eigenvalue weighted by Crippen LogP contribution is 2.18. The summed E-state index contributed by atoms with van der Waals surface area (Å²) < 4.78 is 0. The molecule has 0 radical (unpaired) electrons. The second-order valence-electron chi connectivity index (χ2n) is 4.62. The van der Waals surface area contributed by atoms with E-state index in [4.69, 9.17) is 0 Å². The fraction of sp³-hybridized carbons (Fsp3) is 0.571. The summed E-state index contributed by atoms with van der Waals surface area (Å²) in [5.74, 6) is 0. The van der Waals surface area contributed by atoms with Gasteiger partial charge in [0.05, 0.1) is 6.04 Å². The lowest BCUT2D eigenvalue weighted by Gasteiger charge is -2.30. The van der Waals surface area contributed by atoms with E-state index in [1.54, 1.807) is 0 Å². The third-order valence-corrected chi connectivity index (χ3v) is 3.45. The molecule has 0 bridgehead atoms. The van der Waals surface area contributed by atoms with E-state index in [0.717, 1.165) is 32.7 Å². The van der Waals surface area contributed by atoms with Gasteiger partial charge in [-0.15, -0.1) is 0 Å². The normalized spacial score (nSPS) is 15.9. The molecule has 0 spiro atoms. The van der Waals surface area contributed by atoms with Gasteiger partial charge in [0.1, 0.15) is 0 Å². The van der Waals surface area contributed by atoms with Gasteiger partial charge in [0.15, 0.2) is 0 Å². The van der Waals surface area contributed by atoms with Crippen LogP contribution in [0.25, 0.3) is 0 Å². The summed E-state index contributed by atoms with van der Waals surface area (Å²) in [7, 11) is 0. The van der Waals surface area contributed by atoms with Gasteiger partial charge in [-0.05, 0) is 24.7 Å². The van der Waals surface area contributed by atoms with Crippen LogP contribution in [-0.2, 0) is 6.54 Å². The molecule has 3 heteroatoms. The first kappa shape index (κ1) is 12.4. The Balaban J connectivity index is 2.03. The van der Waals surface area contributed by atoms with Crippen molar-refractivity contribution < 1.29 is 0 Å². The molecule has 0 amide bonds. The molecule has 1 aliphatic heterocycles. The monoisotopic (exact) mass is 233 g/mol. The third kappa shape index (κ3) is 3.20. The predicted octanol–water partition coefficient (Wildman–Crippen LogP) is 1.91. The molecular weight excluding hydrogens is 210 g/mol. The Kier molecular flexibility index (Phi) is 4.40. The second kappa shape index (κ2) is 6.03. The van der Waals surface area contributed by atoms with E-state index in [2.05, 4.69) is 53.6 Å². The number of para-hydroxylation sites is 1. The highest BCUT2D eigenvalue weighted by atomic mass is 15.1. The molecule has 94 valence electrons. The fourth-order valence-electron chi connectivity index (χ4n) is 2.10. The number of rotatable bonds is 6. The van der Waals surface area contributed by atoms with Gasteiger partial charge >= 0.3 is 0 Å². The zero-order chi connectivity index (χ0) is 12.1. The molecule has 0 aliphatic carbocycles. The van der Waals surface area contributed by atoms with Gasteiger partial charge in [0, 0.05) is 25.3 Å². The highest BCUT2D eigenvalue weighted by molar-refractivity contribution is 5.52. The Morgan fingerprint density at radius 3 is 2.53 bits per heavy atom. The van der Waals surface area contributed by atoms with Crippen LogP contribution in [0.15, 0.2) is 24.3 Å². The topological polar surface area (TPSA) is 27.3 Å². The van der Waals surface area contributed by atoms with Crippen LogP contribution in [0.5, 0.6) is 0 Å². The summed E-state index contributed by atoms with van der Waals surface area (Å²) >= 11 is 0. The molecule has 17 heavy (non-hydrogen) atoms. The number of nitrogens with zero attached hydrogens (tertiary/aromatic N) is 1. The molecule has 1 saturated heterocycles. The number of benzene rings is 1. The summed E-state index contributed by atoms with van der Waals surface area (Å²) in [4.78, 5) is 2.44. The van der Waals surface area contributed by atoms with Gasteiger partial charge in [-0.2, -0.15) is 0 Å². The molecule has 1 heterocycles. The quantitative estimate of drug-likeness (QED) is 0.786. The second-order valence-corrected chi connectivity index (χ2v) is 4.62. The van der Waals surface area contributed by atoms with Crippen molar-refractivity contribution in [1.82, 2.24) is 10.2 Å². The first-order valence-electron chi connectivity index (χ1n) is 6.61. The lowest BCUT2D eigenvalue weighted by atomic mass is 10.1. The van der Waals surface area contributed by atoms with E-state index >= 15 is 0 Å². The molecule has 0 saturated carbocycles. The number of hydrogen-bond donors (Lipinski definition) is 2. The van der Waals surface area contributed by atoms with Crippen LogP contribution in [0.3, 0.4) is 0 Å². The minimum absolute atomic E-state index is 0.604. The molecule has 1 fully saturated rings. The van der Waals surface area contributed by atoms with Gasteiger partial charge in [0.2, 0.25) is 0 Å². The van der Waals surface area contributed by atoms with E-state index < -0.39 is 0 Å². The molecular formula is C14H23N3. The number of hydrogen-bond acceptors (Lipinski definition) is 3. The van der Waals surface area contributed by atoms with Crippen LogP contribution in [0, 0.1) is 0 Å². The number of anilines is 1. The van der Waals surface area contributed by atoms with Crippen molar-refractivity contribution in [3.63, 3.8) is 0 Å². The van der Waals surface area contributed by atoms with Crippen molar-refractivity contribution in [1.29, 1.82) is 0 Å². The summed E-state index contributed by atoms with van der Waals surface area (Å²) in [5, 5.41) is 6.90. The summed E-state index contributed by atoms with van der Waals surface area (Å²) in [5.41, 5.74) is 2.70. The largest absolute Gasteiger partial charge is 0.379 e. The molecule has 2 rings (SSSR count). The summed E-state index contributed by atoms with van der Waals surface area (Å²) in [6.07, 6.45) is 0. The number of nitrogens with one attached hydrogen (secondary N) is 2. The van der Waals surface area contributed by atoms with Crippen LogP contribution in [0.2, 0.25) is 0 Å². The van der Waals surface area contributed by atoms with Gasteiger partial charge < -0.3 is 10.6 Å². The van der Waals surface area contributed by atoms with E-state index in [1.165, 1.54) is 11.3 Å². The summed E-state index contributed by atoms with van der Waals surface area (Å²) in [6, 6.07) is 9.26. The maximum absolute atomic E-state index is 3.61. The predicted molar refractivity (Wildman–Crippen MR) is 73.3 cm³/mol. The van der Waals surface area contributed by atoms with Gasteiger partial charge in [-0.1, -0.05) is 32.0 Å².